The Kier molecular flexibility index (Phi) is 4.15. The van der Waals surface area contributed by atoms with E-state index in [9.17, 15) is 4.39 Å². The summed E-state index contributed by atoms with van der Waals surface area (Å²) >= 11 is 0. The zero-order valence-corrected chi connectivity index (χ0v) is 11.1. The van der Waals surface area contributed by atoms with E-state index in [1.165, 1.54) is 0 Å². The van der Waals surface area contributed by atoms with Gasteiger partial charge in [0.15, 0.2) is 0 Å². The minimum Gasteiger partial charge on any atom is -0.497 e. The molecule has 96 valence electrons. The van der Waals surface area contributed by atoms with Crippen molar-refractivity contribution in [2.45, 2.75) is 32.9 Å². The summed E-state index contributed by atoms with van der Waals surface area (Å²) in [4.78, 5) is 0. The standard InChI is InChI=1S/C14H22FNO/c1-13(2,3)14(15,10-16)9-11-6-5-7-12(8-11)17-4/h5-8H,9-10,16H2,1-4H3. The molecule has 1 aromatic carbocycles. The summed E-state index contributed by atoms with van der Waals surface area (Å²) in [5, 5.41) is 0. The maximum atomic E-state index is 14.8. The summed E-state index contributed by atoms with van der Waals surface area (Å²) in [6, 6.07) is 7.48. The van der Waals surface area contributed by atoms with Crippen molar-refractivity contribution in [3.8, 4) is 5.75 Å². The second kappa shape index (κ2) is 5.05. The van der Waals surface area contributed by atoms with Crippen LogP contribution in [0.2, 0.25) is 0 Å². The third-order valence-corrected chi connectivity index (χ3v) is 3.29. The Hall–Kier alpha value is -1.09. The van der Waals surface area contributed by atoms with Gasteiger partial charge in [-0.25, -0.2) is 4.39 Å². The van der Waals surface area contributed by atoms with Crippen LogP contribution in [0.15, 0.2) is 24.3 Å². The summed E-state index contributed by atoms with van der Waals surface area (Å²) in [6.45, 7) is 5.65. The summed E-state index contributed by atoms with van der Waals surface area (Å²) in [7, 11) is 1.61. The summed E-state index contributed by atoms with van der Waals surface area (Å²) in [6.07, 6.45) is 0.310. The lowest BCUT2D eigenvalue weighted by atomic mass is 9.74. The smallest absolute Gasteiger partial charge is 0.132 e. The van der Waals surface area contributed by atoms with Crippen molar-refractivity contribution in [1.82, 2.24) is 0 Å². The molecule has 2 nitrogen and oxygen atoms in total. The molecule has 0 aliphatic heterocycles. The highest BCUT2D eigenvalue weighted by Crippen LogP contribution is 2.36. The lowest BCUT2D eigenvalue weighted by Gasteiger charge is -2.37. The van der Waals surface area contributed by atoms with Gasteiger partial charge in [0.1, 0.15) is 11.4 Å². The van der Waals surface area contributed by atoms with Crippen LogP contribution in [-0.4, -0.2) is 19.3 Å². The van der Waals surface area contributed by atoms with Gasteiger partial charge >= 0.3 is 0 Å². The Morgan fingerprint density at radius 2 is 1.94 bits per heavy atom. The SMILES string of the molecule is COc1cccc(CC(F)(CN)C(C)(C)C)c1. The Balaban J connectivity index is 2.95. The molecule has 3 heteroatoms. The molecule has 0 saturated heterocycles. The zero-order chi connectivity index (χ0) is 13.1. The third-order valence-electron chi connectivity index (χ3n) is 3.29. The second-order valence-corrected chi connectivity index (χ2v) is 5.45. The third kappa shape index (κ3) is 3.19. The van der Waals surface area contributed by atoms with Crippen molar-refractivity contribution >= 4 is 0 Å². The predicted molar refractivity (Wildman–Crippen MR) is 69.0 cm³/mol. The van der Waals surface area contributed by atoms with Crippen molar-refractivity contribution < 1.29 is 9.13 Å². The Labute approximate surface area is 103 Å². The fraction of sp³-hybridized carbons (Fsp3) is 0.571. The number of hydrogen-bond donors (Lipinski definition) is 1. The first-order valence-corrected chi connectivity index (χ1v) is 5.84. The van der Waals surface area contributed by atoms with Gasteiger partial charge in [-0.2, -0.15) is 0 Å². The molecule has 0 saturated carbocycles. The number of methoxy groups -OCH3 is 1. The molecule has 1 rings (SSSR count). The Morgan fingerprint density at radius 3 is 2.41 bits per heavy atom. The lowest BCUT2D eigenvalue weighted by Crippen LogP contribution is -2.47. The number of halogens is 1. The van der Waals surface area contributed by atoms with Gasteiger partial charge in [0.05, 0.1) is 7.11 Å². The first-order chi connectivity index (χ1) is 7.82. The van der Waals surface area contributed by atoms with Crippen molar-refractivity contribution in [3.05, 3.63) is 29.8 Å². The second-order valence-electron chi connectivity index (χ2n) is 5.45. The molecule has 0 spiro atoms. The van der Waals surface area contributed by atoms with Crippen LogP contribution in [0, 0.1) is 5.41 Å². The van der Waals surface area contributed by atoms with E-state index in [0.717, 1.165) is 11.3 Å². The first-order valence-electron chi connectivity index (χ1n) is 5.84. The van der Waals surface area contributed by atoms with E-state index in [1.807, 2.05) is 45.0 Å². The van der Waals surface area contributed by atoms with Crippen molar-refractivity contribution in [1.29, 1.82) is 0 Å². The fourth-order valence-corrected chi connectivity index (χ4v) is 1.75. The van der Waals surface area contributed by atoms with Gasteiger partial charge in [0.25, 0.3) is 0 Å². The number of ether oxygens (including phenoxy) is 1. The molecule has 0 fully saturated rings. The molecule has 17 heavy (non-hydrogen) atoms. The van der Waals surface area contributed by atoms with Gasteiger partial charge < -0.3 is 10.5 Å². The molecule has 0 radical (unpaired) electrons. The Bertz CT molecular complexity index is 373. The number of nitrogens with two attached hydrogens (primary N) is 1. The molecule has 0 aromatic heterocycles. The highest BCUT2D eigenvalue weighted by atomic mass is 19.1. The van der Waals surface area contributed by atoms with E-state index in [0.29, 0.717) is 6.42 Å². The minimum atomic E-state index is -1.40. The molecule has 0 amide bonds. The molecule has 0 bridgehead atoms. The van der Waals surface area contributed by atoms with Crippen LogP contribution < -0.4 is 10.5 Å². The molecule has 0 aliphatic carbocycles. The lowest BCUT2D eigenvalue weighted by molar-refractivity contribution is 0.0382. The van der Waals surface area contributed by atoms with E-state index in [1.54, 1.807) is 7.11 Å². The van der Waals surface area contributed by atoms with Crippen molar-refractivity contribution in [2.75, 3.05) is 13.7 Å². The summed E-state index contributed by atoms with van der Waals surface area (Å²) in [5.41, 5.74) is 4.63. The molecule has 1 aromatic rings. The van der Waals surface area contributed by atoms with E-state index in [4.69, 9.17) is 10.5 Å². The van der Waals surface area contributed by atoms with E-state index in [2.05, 4.69) is 0 Å². The molecule has 2 N–H and O–H groups in total. The molecule has 1 unspecified atom stereocenters. The summed E-state index contributed by atoms with van der Waals surface area (Å²) in [5.74, 6) is 0.746. The van der Waals surface area contributed by atoms with E-state index >= 15 is 0 Å². The highest BCUT2D eigenvalue weighted by molar-refractivity contribution is 5.29. The quantitative estimate of drug-likeness (QED) is 0.876. The number of alkyl halides is 1. The molecule has 0 heterocycles. The van der Waals surface area contributed by atoms with Crippen LogP contribution in [0.3, 0.4) is 0 Å². The number of hydrogen-bond acceptors (Lipinski definition) is 2. The van der Waals surface area contributed by atoms with Crippen molar-refractivity contribution in [2.24, 2.45) is 11.1 Å². The van der Waals surface area contributed by atoms with Crippen LogP contribution in [-0.2, 0) is 6.42 Å². The van der Waals surface area contributed by atoms with Crippen molar-refractivity contribution in [3.63, 3.8) is 0 Å². The maximum Gasteiger partial charge on any atom is 0.132 e. The van der Waals surface area contributed by atoms with Gasteiger partial charge in [-0.15, -0.1) is 0 Å². The van der Waals surface area contributed by atoms with Gasteiger partial charge in [-0.3, -0.25) is 0 Å². The van der Waals surface area contributed by atoms with Crippen LogP contribution in [0.1, 0.15) is 26.3 Å². The summed E-state index contributed by atoms with van der Waals surface area (Å²) < 4.78 is 19.9. The van der Waals surface area contributed by atoms with E-state index in [-0.39, 0.29) is 6.54 Å². The van der Waals surface area contributed by atoms with Crippen LogP contribution >= 0.6 is 0 Å². The average molecular weight is 239 g/mol. The predicted octanol–water partition coefficient (Wildman–Crippen LogP) is 2.95. The van der Waals surface area contributed by atoms with Gasteiger partial charge in [-0.1, -0.05) is 32.9 Å². The fourth-order valence-electron chi connectivity index (χ4n) is 1.75. The minimum absolute atomic E-state index is 0.0215. The number of rotatable bonds is 4. The maximum absolute atomic E-state index is 14.8. The van der Waals surface area contributed by atoms with Crippen LogP contribution in [0.5, 0.6) is 5.75 Å². The normalized spacial score (nSPS) is 15.4. The average Bonchev–Trinajstić information content (AvgIpc) is 2.27. The van der Waals surface area contributed by atoms with E-state index < -0.39 is 11.1 Å². The topological polar surface area (TPSA) is 35.2 Å². The molecule has 1 atom stereocenters. The van der Waals surface area contributed by atoms with Crippen LogP contribution in [0.4, 0.5) is 4.39 Å². The highest BCUT2D eigenvalue weighted by Gasteiger charge is 2.41. The monoisotopic (exact) mass is 239 g/mol. The van der Waals surface area contributed by atoms with Gasteiger partial charge in [0, 0.05) is 13.0 Å². The zero-order valence-electron chi connectivity index (χ0n) is 11.1. The van der Waals surface area contributed by atoms with Crippen LogP contribution in [0.25, 0.3) is 0 Å². The molecule has 0 aliphatic rings. The first kappa shape index (κ1) is 14.0. The largest absolute Gasteiger partial charge is 0.497 e. The van der Waals surface area contributed by atoms with Gasteiger partial charge in [-0.05, 0) is 23.1 Å². The number of benzene rings is 1. The molecular formula is C14H22FNO. The Morgan fingerprint density at radius 1 is 1.29 bits per heavy atom. The molecular weight excluding hydrogens is 217 g/mol. The van der Waals surface area contributed by atoms with Gasteiger partial charge in [0.2, 0.25) is 0 Å².